The molecule has 0 unspecified atom stereocenters. The fourth-order valence-electron chi connectivity index (χ4n) is 9.80. The second kappa shape index (κ2) is 19.3. The average molecular weight is 1120 g/mol. The number of pyridine rings is 1. The van der Waals surface area contributed by atoms with Gasteiger partial charge in [0.2, 0.25) is 0 Å². The summed E-state index contributed by atoms with van der Waals surface area (Å²) in [5.74, 6) is 2.68. The summed E-state index contributed by atoms with van der Waals surface area (Å²) < 4.78 is 9.08. The van der Waals surface area contributed by atoms with E-state index in [0.717, 1.165) is 39.3 Å². The van der Waals surface area contributed by atoms with Gasteiger partial charge >= 0.3 is 0 Å². The van der Waals surface area contributed by atoms with Gasteiger partial charge in [-0.2, -0.15) is 12.1 Å². The molecule has 6 heteroatoms. The van der Waals surface area contributed by atoms with E-state index >= 15 is 0 Å². The molecule has 1 aliphatic heterocycles. The van der Waals surface area contributed by atoms with Crippen LogP contribution in [-0.2, 0) is 42.7 Å². The predicted octanol–water partition coefficient (Wildman–Crippen LogP) is 17.5. The Labute approximate surface area is 439 Å². The Balaban J connectivity index is 0.00000676. The molecule has 5 nitrogen and oxygen atoms in total. The van der Waals surface area contributed by atoms with Gasteiger partial charge in [-0.25, -0.2) is 4.98 Å². The zero-order chi connectivity index (χ0) is 50.1. The van der Waals surface area contributed by atoms with Crippen molar-refractivity contribution >= 4 is 38.9 Å². The van der Waals surface area contributed by atoms with Gasteiger partial charge in [-0.1, -0.05) is 176 Å². The van der Waals surface area contributed by atoms with E-state index in [1.807, 2.05) is 18.3 Å². The first kappa shape index (κ1) is 51.5. The molecule has 0 saturated heterocycles. The first-order chi connectivity index (χ1) is 33.0. The molecule has 2 aromatic heterocycles. The Morgan fingerprint density at radius 3 is 1.82 bits per heavy atom. The van der Waals surface area contributed by atoms with Crippen LogP contribution in [-0.4, -0.2) is 9.55 Å². The number of anilines is 2. The van der Waals surface area contributed by atoms with Crippen molar-refractivity contribution in [2.24, 2.45) is 0 Å². The summed E-state index contributed by atoms with van der Waals surface area (Å²) in [6.45, 7) is 36.5. The van der Waals surface area contributed by atoms with Crippen molar-refractivity contribution in [2.45, 2.75) is 137 Å². The quantitative estimate of drug-likeness (QED) is 0.128. The molecule has 0 amide bonds. The largest absolute Gasteiger partial charge is 0.509 e. The van der Waals surface area contributed by atoms with E-state index in [4.69, 9.17) is 9.72 Å². The molecule has 3 heterocycles. The minimum Gasteiger partial charge on any atom is -0.509 e. The summed E-state index contributed by atoms with van der Waals surface area (Å²) in [6, 6.07) is 53.8. The Morgan fingerprint density at radius 1 is 0.549 bits per heavy atom. The molecule has 0 atom stereocenters. The molecule has 370 valence electrons. The Kier molecular flexibility index (Phi) is 14.0. The summed E-state index contributed by atoms with van der Waals surface area (Å²) in [6.07, 6.45) is 4.25. The molecule has 71 heavy (non-hydrogen) atoms. The van der Waals surface area contributed by atoms with Gasteiger partial charge in [0, 0.05) is 66.6 Å². The maximum absolute atomic E-state index is 6.84. The Bertz CT molecular complexity index is 3240. The summed E-state index contributed by atoms with van der Waals surface area (Å²) in [4.78, 5) is 9.57. The third-order valence-corrected chi connectivity index (χ3v) is 14.3. The number of aromatic nitrogens is 2. The molecule has 0 radical (unpaired) electrons. The van der Waals surface area contributed by atoms with Crippen LogP contribution >= 0.6 is 0 Å². The zero-order valence-electron chi connectivity index (χ0n) is 44.5. The Morgan fingerprint density at radius 2 is 1.17 bits per heavy atom. The molecule has 0 N–H and O–H groups in total. The standard InChI is InChI=1S/C65H71N4O.Pt/c1-42(2)53-25-20-26-54(43(3)4)61(53)59-40-67(50-34-47(64(11,12)13)33-48(35-50)65(14,15)44-21-17-16-18-22-44)41-68(59)49-23-19-24-51(38-49)70-52-28-29-55-56-36-45(62(5,6)7)27-30-57(56)69(58(55)39-52)60-37-46(31-32-66-60)63(8,9)10;/h16-37,40-43H,1-15H3;/q-3;. The van der Waals surface area contributed by atoms with Gasteiger partial charge in [-0.15, -0.1) is 48.1 Å². The van der Waals surface area contributed by atoms with E-state index in [1.54, 1.807) is 0 Å². The molecule has 8 aromatic rings. The minimum absolute atomic E-state index is 0. The fourth-order valence-corrected chi connectivity index (χ4v) is 9.80. The van der Waals surface area contributed by atoms with E-state index in [-0.39, 0.29) is 42.7 Å². The maximum atomic E-state index is 6.84. The van der Waals surface area contributed by atoms with Crippen LogP contribution in [0.1, 0.15) is 160 Å². The number of hydrogen-bond donors (Lipinski definition) is 0. The molecular formula is C65H71N4OPt-3. The topological polar surface area (TPSA) is 33.5 Å². The second-order valence-corrected chi connectivity index (χ2v) is 23.6. The van der Waals surface area contributed by atoms with Gasteiger partial charge in [0.25, 0.3) is 0 Å². The van der Waals surface area contributed by atoms with Crippen LogP contribution in [0.5, 0.6) is 11.5 Å². The van der Waals surface area contributed by atoms with Crippen molar-refractivity contribution in [3.8, 4) is 17.3 Å². The van der Waals surface area contributed by atoms with Gasteiger partial charge in [0.15, 0.2) is 0 Å². The first-order valence-electron chi connectivity index (χ1n) is 25.2. The smallest absolute Gasteiger partial charge is 0.135 e. The number of benzene rings is 6. The molecule has 0 saturated carbocycles. The molecule has 0 aliphatic carbocycles. The number of fused-ring (bicyclic) bond motifs is 3. The normalized spacial score (nSPS) is 13.7. The first-order valence-corrected chi connectivity index (χ1v) is 25.2. The minimum atomic E-state index is -0.228. The van der Waals surface area contributed by atoms with Crippen molar-refractivity contribution in [1.29, 1.82) is 0 Å². The molecule has 0 spiro atoms. The molecule has 6 aromatic carbocycles. The van der Waals surface area contributed by atoms with Gasteiger partial charge in [-0.3, -0.25) is 0 Å². The molecular weight excluding hydrogens is 1050 g/mol. The van der Waals surface area contributed by atoms with Crippen molar-refractivity contribution in [2.75, 3.05) is 9.80 Å². The third kappa shape index (κ3) is 10.1. The number of ether oxygens (including phenoxy) is 1. The van der Waals surface area contributed by atoms with Crippen molar-refractivity contribution in [1.82, 2.24) is 9.55 Å². The van der Waals surface area contributed by atoms with Gasteiger partial charge < -0.3 is 19.1 Å². The van der Waals surface area contributed by atoms with Crippen molar-refractivity contribution < 1.29 is 25.8 Å². The summed E-state index contributed by atoms with van der Waals surface area (Å²) in [7, 11) is 0. The summed E-state index contributed by atoms with van der Waals surface area (Å²) in [5, 5.41) is 2.27. The Hall–Kier alpha value is -5.90. The van der Waals surface area contributed by atoms with Gasteiger partial charge in [0.05, 0.1) is 0 Å². The van der Waals surface area contributed by atoms with Crippen molar-refractivity contribution in [3.63, 3.8) is 0 Å². The van der Waals surface area contributed by atoms with Crippen LogP contribution in [0, 0.1) is 18.8 Å². The monoisotopic (exact) mass is 1120 g/mol. The number of nitrogens with zero attached hydrogens (tertiary/aromatic N) is 4. The summed E-state index contributed by atoms with van der Waals surface area (Å²) >= 11 is 0. The average Bonchev–Trinajstić information content (AvgIpc) is 3.90. The van der Waals surface area contributed by atoms with Crippen LogP contribution < -0.4 is 14.5 Å². The molecule has 1 aliphatic rings. The van der Waals surface area contributed by atoms with E-state index in [1.165, 1.54) is 49.9 Å². The van der Waals surface area contributed by atoms with E-state index < -0.39 is 0 Å². The molecule has 0 fully saturated rings. The molecule has 0 bridgehead atoms. The predicted molar refractivity (Wildman–Crippen MR) is 296 cm³/mol. The number of hydrogen-bond acceptors (Lipinski definition) is 4. The maximum Gasteiger partial charge on any atom is 0.135 e. The van der Waals surface area contributed by atoms with Crippen LogP contribution in [0.25, 0.3) is 33.3 Å². The van der Waals surface area contributed by atoms with Crippen LogP contribution in [0.15, 0.2) is 140 Å². The van der Waals surface area contributed by atoms with E-state index in [0.29, 0.717) is 23.3 Å². The van der Waals surface area contributed by atoms with E-state index in [9.17, 15) is 0 Å². The van der Waals surface area contributed by atoms with Crippen LogP contribution in [0.3, 0.4) is 0 Å². The van der Waals surface area contributed by atoms with E-state index in [2.05, 4.69) is 258 Å². The molecule has 9 rings (SSSR count). The van der Waals surface area contributed by atoms with Gasteiger partial charge in [-0.05, 0) is 109 Å². The zero-order valence-corrected chi connectivity index (χ0v) is 46.8. The SMILES string of the molecule is CC(C)c1cccc(C(C)C)c1C1=CN(c2cc(C(C)(C)C)cc(C(C)(C)c3ccccc3)c2)[CH-]N1c1[c-]c(Oc2[c-]c3c(cc2)c2cc(C(C)(C)C)ccc2n3-c2cc(C(C)(C)C)ccn2)ccc1.[Pt]. The third-order valence-electron chi connectivity index (χ3n) is 14.3. The van der Waals surface area contributed by atoms with Crippen LogP contribution in [0.2, 0.25) is 0 Å². The van der Waals surface area contributed by atoms with Crippen LogP contribution in [0.4, 0.5) is 11.4 Å². The number of rotatable bonds is 10. The van der Waals surface area contributed by atoms with Crippen molar-refractivity contribution in [3.05, 3.63) is 203 Å². The van der Waals surface area contributed by atoms with Gasteiger partial charge in [0.1, 0.15) is 5.82 Å². The fraction of sp³-hybridized carbons (Fsp3) is 0.323. The summed E-state index contributed by atoms with van der Waals surface area (Å²) in [5.41, 5.74) is 15.0. The second-order valence-electron chi connectivity index (χ2n) is 23.6.